The molecule has 3 rings (SSSR count). The highest BCUT2D eigenvalue weighted by atomic mass is 127. The Morgan fingerprint density at radius 2 is 1.40 bits per heavy atom. The molecule has 0 aliphatic heterocycles. The zero-order chi connectivity index (χ0) is 25.8. The van der Waals surface area contributed by atoms with E-state index in [2.05, 4.69) is 45.2 Å². The van der Waals surface area contributed by atoms with Crippen molar-refractivity contribution in [2.45, 2.75) is 43.7 Å². The molecule has 0 spiro atoms. The third-order valence-electron chi connectivity index (χ3n) is 6.57. The molecule has 0 aromatic heterocycles. The maximum absolute atomic E-state index is 15.2. The first-order chi connectivity index (χ1) is 16.5. The number of aryl methyl sites for hydroxylation is 1. The Morgan fingerprint density at radius 3 is 1.91 bits per heavy atom. The van der Waals surface area contributed by atoms with E-state index in [1.807, 2.05) is 46.9 Å². The average molecular weight is 818 g/mol. The Kier molecular flexibility index (Phi) is 9.92. The molecular formula is C27H24F3I3O2. The molecule has 0 heterocycles. The molecule has 0 radical (unpaired) electrons. The number of benzene rings is 3. The van der Waals surface area contributed by atoms with Gasteiger partial charge in [-0.25, -0.2) is 0 Å². The van der Waals surface area contributed by atoms with Gasteiger partial charge in [-0.3, -0.25) is 4.79 Å². The van der Waals surface area contributed by atoms with Crippen molar-refractivity contribution in [2.24, 2.45) is 5.92 Å². The number of carboxylic acids is 1. The molecule has 8 heteroatoms. The summed E-state index contributed by atoms with van der Waals surface area (Å²) >= 11 is 6.20. The summed E-state index contributed by atoms with van der Waals surface area (Å²) in [5.74, 6) is -4.62. The van der Waals surface area contributed by atoms with Crippen molar-refractivity contribution in [3.63, 3.8) is 0 Å². The van der Waals surface area contributed by atoms with Crippen LogP contribution >= 0.6 is 67.8 Å². The predicted octanol–water partition coefficient (Wildman–Crippen LogP) is 8.83. The zero-order valence-electron chi connectivity index (χ0n) is 18.8. The topological polar surface area (TPSA) is 37.3 Å². The maximum Gasteiger partial charge on any atom is 0.393 e. The molecule has 0 aliphatic carbocycles. The number of alkyl halides is 3. The van der Waals surface area contributed by atoms with E-state index in [-0.39, 0.29) is 18.4 Å². The first kappa shape index (κ1) is 28.7. The summed E-state index contributed by atoms with van der Waals surface area (Å²) in [4.78, 5) is 12.9. The summed E-state index contributed by atoms with van der Waals surface area (Å²) in [6.07, 6.45) is -4.36. The van der Waals surface area contributed by atoms with Gasteiger partial charge in [-0.15, -0.1) is 0 Å². The number of halogens is 6. The first-order valence-electron chi connectivity index (χ1n) is 11.1. The number of hydrogen-bond donors (Lipinski definition) is 1. The Labute approximate surface area is 244 Å². The fourth-order valence-corrected chi connectivity index (χ4v) is 7.25. The summed E-state index contributed by atoms with van der Waals surface area (Å²) in [6, 6.07) is 21.2. The van der Waals surface area contributed by atoms with Crippen molar-refractivity contribution in [3.05, 3.63) is 100 Å². The molecule has 35 heavy (non-hydrogen) atoms. The lowest BCUT2D eigenvalue weighted by atomic mass is 9.61. The van der Waals surface area contributed by atoms with Crippen LogP contribution in [0.5, 0.6) is 0 Å². The molecule has 1 N–H and O–H groups in total. The number of rotatable bonds is 9. The van der Waals surface area contributed by atoms with Crippen molar-refractivity contribution in [1.82, 2.24) is 0 Å². The molecule has 0 fully saturated rings. The highest BCUT2D eigenvalue weighted by molar-refractivity contribution is 14.1. The number of carbonyl (C=O) groups is 1. The van der Waals surface area contributed by atoms with Gasteiger partial charge in [0.1, 0.15) is 5.41 Å². The quantitative estimate of drug-likeness (QED) is 0.220. The third-order valence-corrected chi connectivity index (χ3v) is 9.54. The van der Waals surface area contributed by atoms with E-state index >= 15 is 13.2 Å². The van der Waals surface area contributed by atoms with Gasteiger partial charge in [0.2, 0.25) is 0 Å². The lowest BCUT2D eigenvalue weighted by Gasteiger charge is -2.43. The summed E-state index contributed by atoms with van der Waals surface area (Å²) in [7, 11) is 0. The normalized spacial score (nSPS) is 15.3. The van der Waals surface area contributed by atoms with Crippen LogP contribution in [0.25, 0.3) is 0 Å². The second-order valence-corrected chi connectivity index (χ2v) is 11.9. The largest absolute Gasteiger partial charge is 0.481 e. The van der Waals surface area contributed by atoms with Gasteiger partial charge < -0.3 is 5.11 Å². The molecule has 0 amide bonds. The van der Waals surface area contributed by atoms with Crippen LogP contribution in [0.2, 0.25) is 0 Å². The fraction of sp³-hybridized carbons (Fsp3) is 0.296. The molecule has 2 nitrogen and oxygen atoms in total. The van der Waals surface area contributed by atoms with Crippen LogP contribution in [0.3, 0.4) is 0 Å². The van der Waals surface area contributed by atoms with Gasteiger partial charge in [0.15, 0.2) is 0 Å². The minimum atomic E-state index is -4.75. The molecule has 0 saturated heterocycles. The Bertz CT molecular complexity index is 1180. The van der Waals surface area contributed by atoms with Gasteiger partial charge in [0.25, 0.3) is 0 Å². The second kappa shape index (κ2) is 12.1. The third kappa shape index (κ3) is 6.16. The molecule has 0 saturated carbocycles. The van der Waals surface area contributed by atoms with Gasteiger partial charge in [-0.1, -0.05) is 61.5 Å². The van der Waals surface area contributed by atoms with Crippen LogP contribution in [-0.2, 0) is 16.6 Å². The van der Waals surface area contributed by atoms with E-state index in [1.165, 1.54) is 6.07 Å². The minimum Gasteiger partial charge on any atom is -0.481 e. The van der Waals surface area contributed by atoms with Crippen molar-refractivity contribution in [2.75, 3.05) is 0 Å². The van der Waals surface area contributed by atoms with E-state index < -0.39 is 29.4 Å². The van der Waals surface area contributed by atoms with Crippen LogP contribution in [0.1, 0.15) is 42.4 Å². The van der Waals surface area contributed by atoms with Gasteiger partial charge in [0.05, 0.1) is 5.92 Å². The van der Waals surface area contributed by atoms with Crippen molar-refractivity contribution in [3.8, 4) is 0 Å². The molecule has 3 unspecified atom stereocenters. The molecular weight excluding hydrogens is 794 g/mol. The Hall–Kier alpha value is -0.890. The molecule has 0 aliphatic rings. The van der Waals surface area contributed by atoms with Gasteiger partial charge in [-0.05, 0) is 128 Å². The number of hydrogen-bond acceptors (Lipinski definition) is 1. The van der Waals surface area contributed by atoms with Crippen LogP contribution < -0.4 is 0 Å². The van der Waals surface area contributed by atoms with E-state index in [0.717, 1.165) is 9.13 Å². The van der Waals surface area contributed by atoms with Crippen molar-refractivity contribution < 1.29 is 23.1 Å². The van der Waals surface area contributed by atoms with E-state index in [4.69, 9.17) is 0 Å². The Morgan fingerprint density at radius 1 is 0.857 bits per heavy atom. The maximum atomic E-state index is 15.2. The first-order valence-corrected chi connectivity index (χ1v) is 14.3. The summed E-state index contributed by atoms with van der Waals surface area (Å²) in [5, 5.41) is 10.5. The second-order valence-electron chi connectivity index (χ2n) is 8.39. The fourth-order valence-electron chi connectivity index (χ4n) is 4.94. The SMILES string of the molecule is CCC(C(=O)O)(c1ccccc1I)C(C(CCc1ccccc1I)c1ccccc1I)C(F)(F)F. The summed E-state index contributed by atoms with van der Waals surface area (Å²) in [6.45, 7) is 1.54. The van der Waals surface area contributed by atoms with Crippen LogP contribution in [0, 0.1) is 16.6 Å². The lowest BCUT2D eigenvalue weighted by molar-refractivity contribution is -0.210. The minimum absolute atomic E-state index is 0.169. The van der Waals surface area contributed by atoms with Gasteiger partial charge in [-0.2, -0.15) is 13.2 Å². The Balaban J connectivity index is 2.28. The predicted molar refractivity (Wildman–Crippen MR) is 158 cm³/mol. The number of aliphatic carboxylic acids is 1. The summed E-state index contributed by atoms with van der Waals surface area (Å²) in [5.41, 5.74) is -0.435. The van der Waals surface area contributed by atoms with Gasteiger partial charge >= 0.3 is 12.1 Å². The average Bonchev–Trinajstić information content (AvgIpc) is 2.80. The summed E-state index contributed by atoms with van der Waals surface area (Å²) < 4.78 is 47.7. The molecule has 3 aromatic carbocycles. The van der Waals surface area contributed by atoms with Crippen molar-refractivity contribution in [1.29, 1.82) is 0 Å². The van der Waals surface area contributed by atoms with Crippen molar-refractivity contribution >= 4 is 73.7 Å². The molecule has 186 valence electrons. The van der Waals surface area contributed by atoms with Crippen LogP contribution in [0.4, 0.5) is 13.2 Å². The molecule has 0 bridgehead atoms. The van der Waals surface area contributed by atoms with E-state index in [9.17, 15) is 9.90 Å². The lowest BCUT2D eigenvalue weighted by Crippen LogP contribution is -2.52. The zero-order valence-corrected chi connectivity index (χ0v) is 25.3. The number of carboxylic acid groups (broad SMARTS) is 1. The van der Waals surface area contributed by atoms with E-state index in [1.54, 1.807) is 49.4 Å². The van der Waals surface area contributed by atoms with E-state index in [0.29, 0.717) is 19.1 Å². The highest BCUT2D eigenvalue weighted by Gasteiger charge is 2.61. The highest BCUT2D eigenvalue weighted by Crippen LogP contribution is 2.54. The molecule has 3 aromatic rings. The standard InChI is InChI=1S/C27H24F3I3O2/c1-2-26(25(34)35,20-11-5-8-14-23(20)33)24(27(28,29)30)19(18-10-4-7-13-22(18)32)16-15-17-9-3-6-12-21(17)31/h3-14,19,24H,2,15-16H2,1H3,(H,34,35). The van der Waals surface area contributed by atoms with Gasteiger partial charge in [0, 0.05) is 10.7 Å². The smallest absolute Gasteiger partial charge is 0.393 e. The monoisotopic (exact) mass is 818 g/mol. The van der Waals surface area contributed by atoms with Crippen LogP contribution in [0.15, 0.2) is 72.8 Å². The van der Waals surface area contributed by atoms with Crippen LogP contribution in [-0.4, -0.2) is 17.3 Å². The molecule has 3 atom stereocenters.